The summed E-state index contributed by atoms with van der Waals surface area (Å²) in [4.78, 5) is 1.37. The van der Waals surface area contributed by atoms with Crippen LogP contribution in [-0.2, 0) is 21.1 Å². The van der Waals surface area contributed by atoms with Gasteiger partial charge in [0.15, 0.2) is 0 Å². The number of hydrazine groups is 1. The Morgan fingerprint density at radius 2 is 2.07 bits per heavy atom. The lowest BCUT2D eigenvalue weighted by Crippen LogP contribution is -2.30. The minimum absolute atomic E-state index is 0.0636. The first-order valence-electron chi connectivity index (χ1n) is 3.81. The molecule has 1 unspecified atom stereocenters. The van der Waals surface area contributed by atoms with Gasteiger partial charge in [-0.25, -0.2) is 8.42 Å². The summed E-state index contributed by atoms with van der Waals surface area (Å²) in [6.07, 6.45) is 0. The second-order valence-electron chi connectivity index (χ2n) is 2.78. The van der Waals surface area contributed by atoms with Crippen molar-refractivity contribution >= 4 is 21.1 Å². The van der Waals surface area contributed by atoms with Crippen LogP contribution in [0.5, 0.6) is 0 Å². The summed E-state index contributed by atoms with van der Waals surface area (Å²) in [5.41, 5.74) is 0.472. The first-order valence-corrected chi connectivity index (χ1v) is 6.36. The first kappa shape index (κ1) is 12.3. The second kappa shape index (κ2) is 4.37. The molecule has 1 aromatic rings. The van der Waals surface area contributed by atoms with Crippen LogP contribution >= 0.6 is 0 Å². The molecule has 1 atom stereocenters. The minimum atomic E-state index is -3.82. The van der Waals surface area contributed by atoms with Gasteiger partial charge in [0.1, 0.15) is 0 Å². The first-order chi connectivity index (χ1) is 6.88. The Hall–Kier alpha value is -0.800. The summed E-state index contributed by atoms with van der Waals surface area (Å²) in [6, 6.07) is 3.73. The van der Waals surface area contributed by atoms with Gasteiger partial charge in [-0.1, -0.05) is 6.07 Å². The predicted molar refractivity (Wildman–Crippen MR) is 52.9 cm³/mol. The highest BCUT2D eigenvalue weighted by atomic mass is 32.2. The molecule has 15 heavy (non-hydrogen) atoms. The predicted octanol–water partition coefficient (Wildman–Crippen LogP) is -0.615. The maximum atomic E-state index is 11.2. The van der Waals surface area contributed by atoms with Gasteiger partial charge < -0.3 is 4.55 Å². The summed E-state index contributed by atoms with van der Waals surface area (Å²) in [6.45, 7) is 1.57. The molecule has 0 aliphatic heterocycles. The standard InChI is InChI=1S/C7H10N2O4S2/c1-5-2-3-6(15(12,13)9-8)4-7(5)14(10)11/h2-4,9H,8H2,1H3,(H,10,11)/p-1. The van der Waals surface area contributed by atoms with Crippen LogP contribution in [-0.4, -0.2) is 17.2 Å². The van der Waals surface area contributed by atoms with Gasteiger partial charge >= 0.3 is 0 Å². The molecule has 3 N–H and O–H groups in total. The highest BCUT2D eigenvalue weighted by Gasteiger charge is 2.13. The molecular formula is C7H9N2O4S2-. The maximum Gasteiger partial charge on any atom is 0.253 e. The van der Waals surface area contributed by atoms with Crippen LogP contribution in [0.15, 0.2) is 28.0 Å². The largest absolute Gasteiger partial charge is 0.768 e. The van der Waals surface area contributed by atoms with Gasteiger partial charge in [-0.2, -0.15) is 4.83 Å². The van der Waals surface area contributed by atoms with E-state index in [9.17, 15) is 17.2 Å². The number of aryl methyl sites for hydroxylation is 1. The van der Waals surface area contributed by atoms with Crippen molar-refractivity contribution in [2.45, 2.75) is 16.7 Å². The molecule has 0 fully saturated rings. The van der Waals surface area contributed by atoms with Crippen molar-refractivity contribution in [3.63, 3.8) is 0 Å². The molecule has 6 nitrogen and oxygen atoms in total. The molecule has 0 saturated heterocycles. The SMILES string of the molecule is Cc1ccc(S(=O)(=O)NN)cc1S(=O)[O-]. The van der Waals surface area contributed by atoms with E-state index in [-0.39, 0.29) is 9.79 Å². The van der Waals surface area contributed by atoms with Gasteiger partial charge in [0, 0.05) is 4.90 Å². The zero-order valence-electron chi connectivity index (χ0n) is 7.76. The lowest BCUT2D eigenvalue weighted by Gasteiger charge is -2.10. The Morgan fingerprint density at radius 3 is 2.53 bits per heavy atom. The van der Waals surface area contributed by atoms with Crippen LogP contribution in [0.25, 0.3) is 0 Å². The molecule has 0 saturated carbocycles. The number of nitrogens with two attached hydrogens (primary N) is 1. The van der Waals surface area contributed by atoms with Gasteiger partial charge in [0.25, 0.3) is 10.0 Å². The third-order valence-electron chi connectivity index (χ3n) is 1.80. The molecule has 0 aromatic heterocycles. The fourth-order valence-corrected chi connectivity index (χ4v) is 2.28. The summed E-state index contributed by atoms with van der Waals surface area (Å²) >= 11 is -2.47. The molecule has 0 radical (unpaired) electrons. The third-order valence-corrected chi connectivity index (χ3v) is 3.79. The average molecular weight is 249 g/mol. The van der Waals surface area contributed by atoms with Crippen LogP contribution in [0, 0.1) is 6.92 Å². The third kappa shape index (κ3) is 2.61. The van der Waals surface area contributed by atoms with E-state index in [4.69, 9.17) is 5.84 Å². The Kier molecular flexibility index (Phi) is 3.58. The summed E-state index contributed by atoms with van der Waals surface area (Å²) in [5.74, 6) is 4.81. The lowest BCUT2D eigenvalue weighted by molar-refractivity contribution is 0.536. The van der Waals surface area contributed by atoms with Crippen LogP contribution in [0.2, 0.25) is 0 Å². The van der Waals surface area contributed by atoms with Crippen molar-refractivity contribution in [3.8, 4) is 0 Å². The average Bonchev–Trinajstić information content (AvgIpc) is 2.17. The summed E-state index contributed by atoms with van der Waals surface area (Å²) < 4.78 is 44.0. The van der Waals surface area contributed by atoms with Crippen molar-refractivity contribution < 1.29 is 17.2 Å². The molecule has 0 spiro atoms. The molecule has 8 heteroatoms. The van der Waals surface area contributed by atoms with Gasteiger partial charge in [-0.05, 0) is 35.7 Å². The molecule has 0 aliphatic carbocycles. The van der Waals surface area contributed by atoms with Crippen LogP contribution in [0.3, 0.4) is 0 Å². The monoisotopic (exact) mass is 249 g/mol. The number of benzene rings is 1. The summed E-state index contributed by atoms with van der Waals surface area (Å²) in [7, 11) is -3.82. The van der Waals surface area contributed by atoms with E-state index in [1.54, 1.807) is 11.8 Å². The Bertz CT molecular complexity index is 498. The van der Waals surface area contributed by atoms with Crippen LogP contribution in [0.4, 0.5) is 0 Å². The second-order valence-corrected chi connectivity index (χ2v) is 5.41. The number of rotatable bonds is 3. The van der Waals surface area contributed by atoms with Gasteiger partial charge in [-0.15, -0.1) is 0 Å². The van der Waals surface area contributed by atoms with E-state index in [2.05, 4.69) is 0 Å². The minimum Gasteiger partial charge on any atom is -0.768 e. The smallest absolute Gasteiger partial charge is 0.253 e. The normalized spacial score (nSPS) is 13.8. The number of sulfonamides is 1. The highest BCUT2D eigenvalue weighted by molar-refractivity contribution is 7.89. The molecular weight excluding hydrogens is 240 g/mol. The highest BCUT2D eigenvalue weighted by Crippen LogP contribution is 2.17. The van der Waals surface area contributed by atoms with E-state index in [1.807, 2.05) is 0 Å². The van der Waals surface area contributed by atoms with Crippen molar-refractivity contribution in [2.24, 2.45) is 5.84 Å². The van der Waals surface area contributed by atoms with E-state index >= 15 is 0 Å². The Morgan fingerprint density at radius 1 is 1.47 bits per heavy atom. The van der Waals surface area contributed by atoms with Crippen LogP contribution in [0.1, 0.15) is 5.56 Å². The fraction of sp³-hybridized carbons (Fsp3) is 0.143. The fourth-order valence-electron chi connectivity index (χ4n) is 0.995. The lowest BCUT2D eigenvalue weighted by atomic mass is 10.2. The van der Waals surface area contributed by atoms with Crippen molar-refractivity contribution in [2.75, 3.05) is 0 Å². The molecule has 0 aliphatic rings. The molecule has 1 rings (SSSR count). The molecule has 1 aromatic carbocycles. The van der Waals surface area contributed by atoms with Crippen molar-refractivity contribution in [1.82, 2.24) is 4.83 Å². The quantitative estimate of drug-likeness (QED) is 0.421. The molecule has 0 amide bonds. The molecule has 84 valence electrons. The van der Waals surface area contributed by atoms with Crippen molar-refractivity contribution in [3.05, 3.63) is 23.8 Å². The summed E-state index contributed by atoms with van der Waals surface area (Å²) in [5, 5.41) is 0. The van der Waals surface area contributed by atoms with E-state index in [1.165, 1.54) is 12.1 Å². The van der Waals surface area contributed by atoms with E-state index in [0.29, 0.717) is 5.56 Å². The maximum absolute atomic E-state index is 11.2. The zero-order valence-corrected chi connectivity index (χ0v) is 9.39. The zero-order chi connectivity index (χ0) is 11.6. The van der Waals surface area contributed by atoms with Gasteiger partial charge in [0.2, 0.25) is 0 Å². The molecule has 0 bridgehead atoms. The Labute approximate surface area is 89.8 Å². The van der Waals surface area contributed by atoms with E-state index in [0.717, 1.165) is 6.07 Å². The van der Waals surface area contributed by atoms with E-state index < -0.39 is 21.1 Å². The number of nitrogens with one attached hydrogen (secondary N) is 1. The molecule has 0 heterocycles. The number of hydrogen-bond donors (Lipinski definition) is 2. The van der Waals surface area contributed by atoms with Crippen LogP contribution < -0.4 is 10.7 Å². The Balaban J connectivity index is 3.38. The topological polar surface area (TPSA) is 112 Å². The van der Waals surface area contributed by atoms with Crippen molar-refractivity contribution in [1.29, 1.82) is 0 Å². The van der Waals surface area contributed by atoms with Gasteiger partial charge in [0.05, 0.1) is 4.90 Å². The number of hydrogen-bond acceptors (Lipinski definition) is 5. The van der Waals surface area contributed by atoms with Gasteiger partial charge in [-0.3, -0.25) is 10.1 Å².